The van der Waals surface area contributed by atoms with E-state index in [0.29, 0.717) is 0 Å². The number of carbonyl (C=O) groups is 1. The molecule has 0 aliphatic heterocycles. The number of hydrogen-bond acceptors (Lipinski definition) is 5. The lowest BCUT2D eigenvalue weighted by Gasteiger charge is -1.92. The maximum atomic E-state index is 11.3. The second kappa shape index (κ2) is 4.09. The average Bonchev–Trinajstić information content (AvgIpc) is 2.71. The summed E-state index contributed by atoms with van der Waals surface area (Å²) in [4.78, 5) is 21.9. The van der Waals surface area contributed by atoms with Gasteiger partial charge in [0.05, 0.1) is 5.56 Å². The van der Waals surface area contributed by atoms with Gasteiger partial charge in [-0.15, -0.1) is 0 Å². The highest BCUT2D eigenvalue weighted by atomic mass is 16.5. The minimum absolute atomic E-state index is 0.0215. The van der Waals surface area contributed by atoms with Crippen LogP contribution in [0.3, 0.4) is 0 Å². The molecule has 0 amide bonds. The normalized spacial score (nSPS) is 10.1. The van der Waals surface area contributed by atoms with Gasteiger partial charge in [0.25, 0.3) is 0 Å². The number of aromatic nitrogens is 1. The largest absolute Gasteiger partial charge is 0.504 e. The minimum Gasteiger partial charge on any atom is -0.504 e. The van der Waals surface area contributed by atoms with Gasteiger partial charge in [-0.2, -0.15) is 0 Å². The Labute approximate surface area is 94.7 Å². The molecule has 0 radical (unpaired) electrons. The van der Waals surface area contributed by atoms with Crippen LogP contribution in [0.2, 0.25) is 0 Å². The molecule has 0 spiro atoms. The number of hydrogen-bond donors (Lipinski definition) is 2. The van der Waals surface area contributed by atoms with Gasteiger partial charge in [0.15, 0.2) is 17.2 Å². The van der Waals surface area contributed by atoms with Crippen LogP contribution in [-0.4, -0.2) is 21.3 Å². The molecule has 6 nitrogen and oxygen atoms in total. The van der Waals surface area contributed by atoms with Crippen molar-refractivity contribution in [2.24, 2.45) is 0 Å². The number of rotatable bonds is 2. The Morgan fingerprint density at radius 1 is 1.29 bits per heavy atom. The summed E-state index contributed by atoms with van der Waals surface area (Å²) in [6.07, 6.45) is 0. The van der Waals surface area contributed by atoms with Crippen molar-refractivity contribution in [2.45, 2.75) is 0 Å². The lowest BCUT2D eigenvalue weighted by molar-refractivity contribution is 0.0686. The van der Waals surface area contributed by atoms with E-state index in [9.17, 15) is 14.7 Å². The third kappa shape index (κ3) is 2.00. The molecule has 6 heteroatoms. The monoisotopic (exact) mass is 233 g/mol. The van der Waals surface area contributed by atoms with E-state index in [1.807, 2.05) is 0 Å². The van der Waals surface area contributed by atoms with Gasteiger partial charge in [-0.05, 0) is 12.1 Å². The fraction of sp³-hybridized carbons (Fsp3) is 0. The van der Waals surface area contributed by atoms with Crippen LogP contribution in [0.1, 0.15) is 10.5 Å². The molecule has 0 saturated carbocycles. The zero-order chi connectivity index (χ0) is 12.4. The standard InChI is InChI=1S/C11H7NO5/c13-8-4-2-1-3-6(10(8)14)9-5-7(11(15)16)12-17-9/h1-5H,(H,13,14)(H,15,16). The molecule has 2 rings (SSSR count). The molecule has 17 heavy (non-hydrogen) atoms. The van der Waals surface area contributed by atoms with Gasteiger partial charge in [0.1, 0.15) is 0 Å². The first-order valence-corrected chi connectivity index (χ1v) is 4.62. The third-order valence-electron chi connectivity index (χ3n) is 2.10. The van der Waals surface area contributed by atoms with E-state index in [1.54, 1.807) is 0 Å². The number of carboxylic acid groups (broad SMARTS) is 1. The van der Waals surface area contributed by atoms with Crippen molar-refractivity contribution >= 4 is 5.97 Å². The van der Waals surface area contributed by atoms with Crippen LogP contribution in [0.25, 0.3) is 11.3 Å². The Morgan fingerprint density at radius 2 is 2.00 bits per heavy atom. The fourth-order valence-corrected chi connectivity index (χ4v) is 1.29. The van der Waals surface area contributed by atoms with Crippen molar-refractivity contribution in [2.75, 3.05) is 0 Å². The molecule has 0 fully saturated rings. The van der Waals surface area contributed by atoms with Crippen LogP contribution in [0.4, 0.5) is 0 Å². The van der Waals surface area contributed by atoms with Gasteiger partial charge in [0, 0.05) is 6.07 Å². The van der Waals surface area contributed by atoms with E-state index in [4.69, 9.17) is 9.63 Å². The molecule has 0 atom stereocenters. The Balaban J connectivity index is 2.61. The lowest BCUT2D eigenvalue weighted by atomic mass is 10.2. The number of aromatic hydroxyl groups is 1. The fourth-order valence-electron chi connectivity index (χ4n) is 1.29. The van der Waals surface area contributed by atoms with Gasteiger partial charge >= 0.3 is 5.97 Å². The molecule has 1 aromatic carbocycles. The molecular weight excluding hydrogens is 226 g/mol. The van der Waals surface area contributed by atoms with E-state index in [1.165, 1.54) is 24.3 Å². The molecule has 0 bridgehead atoms. The molecule has 2 aromatic rings. The zero-order valence-electron chi connectivity index (χ0n) is 8.45. The van der Waals surface area contributed by atoms with Crippen LogP contribution in [-0.2, 0) is 0 Å². The topological polar surface area (TPSA) is 101 Å². The number of nitrogens with zero attached hydrogens (tertiary/aromatic N) is 1. The van der Waals surface area contributed by atoms with E-state index in [2.05, 4.69) is 5.16 Å². The SMILES string of the molecule is O=C(O)c1cc(-c2ccccc(=O)c2O)on1. The Hall–Kier alpha value is -2.63. The second-order valence-electron chi connectivity index (χ2n) is 3.23. The highest BCUT2D eigenvalue weighted by Gasteiger charge is 2.15. The summed E-state index contributed by atoms with van der Waals surface area (Å²) in [6, 6.07) is 6.74. The lowest BCUT2D eigenvalue weighted by Crippen LogP contribution is -1.95. The van der Waals surface area contributed by atoms with Crippen LogP contribution in [0.15, 0.2) is 39.6 Å². The summed E-state index contributed by atoms with van der Waals surface area (Å²) in [5, 5.41) is 21.6. The first kappa shape index (κ1) is 10.9. The molecule has 1 heterocycles. The van der Waals surface area contributed by atoms with E-state index in [-0.39, 0.29) is 17.0 Å². The first-order valence-electron chi connectivity index (χ1n) is 4.62. The highest BCUT2D eigenvalue weighted by Crippen LogP contribution is 2.25. The van der Waals surface area contributed by atoms with Crippen molar-refractivity contribution in [1.29, 1.82) is 0 Å². The number of aromatic carboxylic acids is 1. The van der Waals surface area contributed by atoms with Crippen molar-refractivity contribution in [3.8, 4) is 17.1 Å². The third-order valence-corrected chi connectivity index (χ3v) is 2.10. The Morgan fingerprint density at radius 3 is 2.65 bits per heavy atom. The summed E-state index contributed by atoms with van der Waals surface area (Å²) < 4.78 is 4.76. The molecule has 1 aromatic heterocycles. The summed E-state index contributed by atoms with van der Waals surface area (Å²) >= 11 is 0. The second-order valence-corrected chi connectivity index (χ2v) is 3.23. The Kier molecular flexibility index (Phi) is 2.61. The summed E-state index contributed by atoms with van der Waals surface area (Å²) in [5.74, 6) is -1.74. The van der Waals surface area contributed by atoms with E-state index in [0.717, 1.165) is 6.07 Å². The van der Waals surface area contributed by atoms with Crippen LogP contribution in [0, 0.1) is 0 Å². The molecule has 0 aliphatic carbocycles. The maximum Gasteiger partial charge on any atom is 0.358 e. The van der Waals surface area contributed by atoms with Crippen LogP contribution >= 0.6 is 0 Å². The molecule has 0 aliphatic rings. The van der Waals surface area contributed by atoms with Gasteiger partial charge in [0.2, 0.25) is 5.43 Å². The van der Waals surface area contributed by atoms with Crippen LogP contribution in [0.5, 0.6) is 5.75 Å². The molecule has 86 valence electrons. The maximum absolute atomic E-state index is 11.3. The number of carboxylic acids is 1. The minimum atomic E-state index is -1.25. The van der Waals surface area contributed by atoms with Crippen molar-refractivity contribution in [3.63, 3.8) is 0 Å². The summed E-state index contributed by atoms with van der Waals surface area (Å²) in [5.41, 5.74) is -0.781. The summed E-state index contributed by atoms with van der Waals surface area (Å²) in [6.45, 7) is 0. The van der Waals surface area contributed by atoms with Gasteiger partial charge in [-0.25, -0.2) is 4.79 Å². The quantitative estimate of drug-likeness (QED) is 0.805. The van der Waals surface area contributed by atoms with Crippen molar-refractivity contribution < 1.29 is 19.5 Å². The van der Waals surface area contributed by atoms with Gasteiger partial charge < -0.3 is 14.7 Å². The Bertz CT molecular complexity index is 632. The predicted octanol–water partition coefficient (Wildman–Crippen LogP) is 1.11. The van der Waals surface area contributed by atoms with Gasteiger partial charge in [-0.1, -0.05) is 17.3 Å². The molecule has 2 N–H and O–H groups in total. The van der Waals surface area contributed by atoms with E-state index < -0.39 is 17.1 Å². The van der Waals surface area contributed by atoms with Crippen molar-refractivity contribution in [3.05, 3.63) is 46.2 Å². The smallest absolute Gasteiger partial charge is 0.358 e. The molecule has 0 unspecified atom stereocenters. The molecular formula is C11H7NO5. The summed E-state index contributed by atoms with van der Waals surface area (Å²) in [7, 11) is 0. The van der Waals surface area contributed by atoms with Crippen LogP contribution < -0.4 is 5.43 Å². The van der Waals surface area contributed by atoms with E-state index >= 15 is 0 Å². The van der Waals surface area contributed by atoms with Crippen molar-refractivity contribution in [1.82, 2.24) is 5.16 Å². The highest BCUT2D eigenvalue weighted by molar-refractivity contribution is 5.86. The molecule has 0 saturated heterocycles. The average molecular weight is 233 g/mol. The predicted molar refractivity (Wildman–Crippen MR) is 56.8 cm³/mol. The van der Waals surface area contributed by atoms with Gasteiger partial charge in [-0.3, -0.25) is 4.79 Å². The zero-order valence-corrected chi connectivity index (χ0v) is 8.45. The first-order chi connectivity index (χ1) is 8.09.